The van der Waals surface area contributed by atoms with Crippen molar-refractivity contribution in [3.8, 4) is 0 Å². The molecule has 0 saturated heterocycles. The van der Waals surface area contributed by atoms with Crippen LogP contribution >= 0.6 is 35.7 Å². The fraction of sp³-hybridized carbons (Fsp3) is 0.632. The summed E-state index contributed by atoms with van der Waals surface area (Å²) in [7, 11) is 3.52. The molecule has 0 heterocycles. The van der Waals surface area contributed by atoms with Crippen LogP contribution in [0.2, 0.25) is 0 Å². The standard InChI is InChI=1S/C19H31N3O2S.HI/c1-20-18(21-12-6-7-13-24-15-14-23-2)22-16-19(10-11-19)25-17-8-4-3-5-9-17;/h3-5,8-9H,6-7,10-16H2,1-2H3,(H2,20,21,22);1H. The van der Waals surface area contributed by atoms with Gasteiger partial charge in [0.2, 0.25) is 0 Å². The molecule has 0 bridgehead atoms. The molecule has 26 heavy (non-hydrogen) atoms. The fourth-order valence-corrected chi connectivity index (χ4v) is 3.68. The lowest BCUT2D eigenvalue weighted by Gasteiger charge is -2.18. The van der Waals surface area contributed by atoms with Gasteiger partial charge in [0.25, 0.3) is 0 Å². The van der Waals surface area contributed by atoms with Crippen molar-refractivity contribution in [3.63, 3.8) is 0 Å². The summed E-state index contributed by atoms with van der Waals surface area (Å²) in [6.45, 7) is 3.98. The number of unbranched alkanes of at least 4 members (excludes halogenated alkanes) is 1. The molecule has 0 amide bonds. The number of hydrogen-bond donors (Lipinski definition) is 2. The molecule has 0 aromatic heterocycles. The van der Waals surface area contributed by atoms with Crippen molar-refractivity contribution in [2.24, 2.45) is 4.99 Å². The van der Waals surface area contributed by atoms with Gasteiger partial charge in [0.05, 0.1) is 13.2 Å². The van der Waals surface area contributed by atoms with E-state index in [1.165, 1.54) is 17.7 Å². The van der Waals surface area contributed by atoms with E-state index < -0.39 is 0 Å². The number of ether oxygens (including phenoxy) is 2. The minimum Gasteiger partial charge on any atom is -0.382 e. The van der Waals surface area contributed by atoms with Gasteiger partial charge in [-0.15, -0.1) is 35.7 Å². The van der Waals surface area contributed by atoms with Crippen LogP contribution in [0.5, 0.6) is 0 Å². The van der Waals surface area contributed by atoms with Gasteiger partial charge < -0.3 is 20.1 Å². The summed E-state index contributed by atoms with van der Waals surface area (Å²) in [6.07, 6.45) is 4.63. The number of rotatable bonds is 12. The third-order valence-corrected chi connectivity index (χ3v) is 5.62. The molecule has 1 fully saturated rings. The molecule has 0 radical (unpaired) electrons. The third-order valence-electron chi connectivity index (χ3n) is 4.13. The zero-order valence-corrected chi connectivity index (χ0v) is 19.0. The summed E-state index contributed by atoms with van der Waals surface area (Å²) >= 11 is 1.98. The van der Waals surface area contributed by atoms with E-state index in [0.29, 0.717) is 18.0 Å². The molecule has 0 aliphatic heterocycles. The topological polar surface area (TPSA) is 54.9 Å². The van der Waals surface area contributed by atoms with E-state index in [2.05, 4.69) is 46.0 Å². The van der Waals surface area contributed by atoms with Crippen LogP contribution in [0.15, 0.2) is 40.2 Å². The van der Waals surface area contributed by atoms with Crippen molar-refractivity contribution >= 4 is 41.7 Å². The Morgan fingerprint density at radius 1 is 1.12 bits per heavy atom. The highest BCUT2D eigenvalue weighted by atomic mass is 127. The molecule has 0 spiro atoms. The van der Waals surface area contributed by atoms with Crippen LogP contribution in [0.1, 0.15) is 25.7 Å². The van der Waals surface area contributed by atoms with E-state index in [1.807, 2.05) is 18.8 Å². The summed E-state index contributed by atoms with van der Waals surface area (Å²) in [5.41, 5.74) is 0. The average Bonchev–Trinajstić information content (AvgIpc) is 3.40. The highest BCUT2D eigenvalue weighted by molar-refractivity contribution is 14.0. The second kappa shape index (κ2) is 13.6. The van der Waals surface area contributed by atoms with Crippen molar-refractivity contribution < 1.29 is 9.47 Å². The highest BCUT2D eigenvalue weighted by Gasteiger charge is 2.43. The van der Waals surface area contributed by atoms with Crippen LogP contribution in [0.4, 0.5) is 0 Å². The molecule has 1 aliphatic rings. The summed E-state index contributed by atoms with van der Waals surface area (Å²) in [4.78, 5) is 5.67. The maximum absolute atomic E-state index is 5.46. The number of thioether (sulfide) groups is 1. The number of aliphatic imine (C=N–C) groups is 1. The summed E-state index contributed by atoms with van der Waals surface area (Å²) < 4.78 is 10.7. The molecule has 2 N–H and O–H groups in total. The lowest BCUT2D eigenvalue weighted by Crippen LogP contribution is -2.41. The number of guanidine groups is 1. The first kappa shape index (κ1) is 23.5. The minimum absolute atomic E-state index is 0. The van der Waals surface area contributed by atoms with E-state index in [4.69, 9.17) is 9.47 Å². The quantitative estimate of drug-likeness (QED) is 0.202. The van der Waals surface area contributed by atoms with Gasteiger partial charge in [0, 0.05) is 43.5 Å². The van der Waals surface area contributed by atoms with E-state index in [1.54, 1.807) is 7.11 Å². The van der Waals surface area contributed by atoms with Crippen molar-refractivity contribution in [2.75, 3.05) is 47.1 Å². The van der Waals surface area contributed by atoms with Crippen LogP contribution in [-0.2, 0) is 9.47 Å². The van der Waals surface area contributed by atoms with Gasteiger partial charge >= 0.3 is 0 Å². The first-order valence-electron chi connectivity index (χ1n) is 9.03. The number of nitrogens with one attached hydrogen (secondary N) is 2. The Hall–Kier alpha value is -0.510. The fourth-order valence-electron chi connectivity index (χ4n) is 2.44. The highest BCUT2D eigenvalue weighted by Crippen LogP contribution is 2.51. The lowest BCUT2D eigenvalue weighted by atomic mass is 10.3. The predicted octanol–water partition coefficient (Wildman–Crippen LogP) is 3.54. The molecule has 7 heteroatoms. The molecule has 2 rings (SSSR count). The number of benzene rings is 1. The zero-order valence-electron chi connectivity index (χ0n) is 15.8. The number of nitrogens with zero attached hydrogens (tertiary/aromatic N) is 1. The molecule has 148 valence electrons. The van der Waals surface area contributed by atoms with Crippen molar-refractivity contribution in [1.29, 1.82) is 0 Å². The largest absolute Gasteiger partial charge is 0.382 e. The normalized spacial score (nSPS) is 15.2. The summed E-state index contributed by atoms with van der Waals surface area (Å²) in [5.74, 6) is 0.889. The second-order valence-electron chi connectivity index (χ2n) is 6.26. The molecule has 1 aromatic rings. The Labute approximate surface area is 179 Å². The molecular weight excluding hydrogens is 461 g/mol. The lowest BCUT2D eigenvalue weighted by molar-refractivity contribution is 0.0689. The minimum atomic E-state index is 0. The molecule has 1 saturated carbocycles. The summed E-state index contributed by atoms with van der Waals surface area (Å²) in [5, 5.41) is 6.87. The average molecular weight is 493 g/mol. The van der Waals surface area contributed by atoms with Gasteiger partial charge in [-0.25, -0.2) is 0 Å². The SMILES string of the molecule is CN=C(NCCCCOCCOC)NCC1(Sc2ccccc2)CC1.I. The Kier molecular flexibility index (Phi) is 12.3. The van der Waals surface area contributed by atoms with E-state index in [0.717, 1.165) is 38.5 Å². The van der Waals surface area contributed by atoms with Crippen molar-refractivity contribution in [3.05, 3.63) is 30.3 Å². The Balaban J connectivity index is 0.00000338. The second-order valence-corrected chi connectivity index (χ2v) is 7.80. The molecule has 1 aromatic carbocycles. The Morgan fingerprint density at radius 2 is 1.88 bits per heavy atom. The third kappa shape index (κ3) is 9.43. The van der Waals surface area contributed by atoms with Crippen molar-refractivity contribution in [2.45, 2.75) is 35.3 Å². The first-order chi connectivity index (χ1) is 12.3. The number of halogens is 1. The van der Waals surface area contributed by atoms with Gasteiger partial charge in [0.15, 0.2) is 5.96 Å². The Morgan fingerprint density at radius 3 is 2.54 bits per heavy atom. The molecule has 0 atom stereocenters. The maximum atomic E-state index is 5.46. The van der Waals surface area contributed by atoms with Crippen LogP contribution in [0.25, 0.3) is 0 Å². The molecule has 1 aliphatic carbocycles. The van der Waals surface area contributed by atoms with Crippen LogP contribution < -0.4 is 10.6 Å². The predicted molar refractivity (Wildman–Crippen MR) is 121 cm³/mol. The van der Waals surface area contributed by atoms with E-state index in [-0.39, 0.29) is 24.0 Å². The number of hydrogen-bond acceptors (Lipinski definition) is 4. The Bertz CT molecular complexity index is 513. The van der Waals surface area contributed by atoms with Gasteiger partial charge in [-0.05, 0) is 37.8 Å². The van der Waals surface area contributed by atoms with Gasteiger partial charge in [-0.1, -0.05) is 18.2 Å². The smallest absolute Gasteiger partial charge is 0.191 e. The summed E-state index contributed by atoms with van der Waals surface area (Å²) in [6, 6.07) is 10.6. The van der Waals surface area contributed by atoms with Crippen LogP contribution in [0.3, 0.4) is 0 Å². The molecule has 5 nitrogen and oxygen atoms in total. The molecule has 0 unspecified atom stereocenters. The van der Waals surface area contributed by atoms with Gasteiger partial charge in [0.1, 0.15) is 0 Å². The zero-order chi connectivity index (χ0) is 17.8. The van der Waals surface area contributed by atoms with Crippen LogP contribution in [0, 0.1) is 0 Å². The van der Waals surface area contributed by atoms with Crippen molar-refractivity contribution in [1.82, 2.24) is 10.6 Å². The van der Waals surface area contributed by atoms with Gasteiger partial charge in [-0.3, -0.25) is 4.99 Å². The van der Waals surface area contributed by atoms with E-state index >= 15 is 0 Å². The van der Waals surface area contributed by atoms with E-state index in [9.17, 15) is 0 Å². The number of methoxy groups -OCH3 is 1. The maximum Gasteiger partial charge on any atom is 0.191 e. The monoisotopic (exact) mass is 493 g/mol. The first-order valence-corrected chi connectivity index (χ1v) is 9.85. The van der Waals surface area contributed by atoms with Gasteiger partial charge in [-0.2, -0.15) is 0 Å². The molecular formula is C19H32IN3O2S. The van der Waals surface area contributed by atoms with Crippen LogP contribution in [-0.4, -0.2) is 57.8 Å².